The van der Waals surface area contributed by atoms with Gasteiger partial charge in [-0.25, -0.2) is 0 Å². The van der Waals surface area contributed by atoms with Crippen LogP contribution < -0.4 is 10.6 Å². The van der Waals surface area contributed by atoms with Gasteiger partial charge in [0.15, 0.2) is 0 Å². The summed E-state index contributed by atoms with van der Waals surface area (Å²) < 4.78 is 0. The van der Waals surface area contributed by atoms with E-state index in [1.165, 1.54) is 6.92 Å². The molecule has 1 heterocycles. The molecule has 0 aromatic heterocycles. The standard InChI is InChI=1S/C20H20N2O3S/c1-13(23)21-15-8-10-16(11-9-15)26-12-3-2-5-14-6-4-7-17-18(14)20(25)22-19(17)24/h4,6-11H,2-3,5,12H2,1H3,(H,21,23)(H,22,24,25). The summed E-state index contributed by atoms with van der Waals surface area (Å²) in [6.45, 7) is 1.49. The van der Waals surface area contributed by atoms with Crippen molar-refractivity contribution in [2.45, 2.75) is 31.1 Å². The molecule has 0 radical (unpaired) electrons. The Kier molecular flexibility index (Phi) is 5.73. The third kappa shape index (κ3) is 4.32. The molecule has 26 heavy (non-hydrogen) atoms. The summed E-state index contributed by atoms with van der Waals surface area (Å²) in [6.07, 6.45) is 2.75. The Morgan fingerprint density at radius 1 is 1.04 bits per heavy atom. The van der Waals surface area contributed by atoms with Crippen molar-refractivity contribution in [1.29, 1.82) is 0 Å². The number of anilines is 1. The zero-order valence-corrected chi connectivity index (χ0v) is 15.3. The number of thioether (sulfide) groups is 1. The van der Waals surface area contributed by atoms with E-state index < -0.39 is 0 Å². The summed E-state index contributed by atoms with van der Waals surface area (Å²) in [4.78, 5) is 35.8. The van der Waals surface area contributed by atoms with Crippen LogP contribution in [0.4, 0.5) is 5.69 Å². The Morgan fingerprint density at radius 2 is 1.81 bits per heavy atom. The van der Waals surface area contributed by atoms with Crippen LogP contribution in [0, 0.1) is 0 Å². The number of carbonyl (C=O) groups excluding carboxylic acids is 3. The van der Waals surface area contributed by atoms with Crippen molar-refractivity contribution in [3.63, 3.8) is 0 Å². The third-order valence-electron chi connectivity index (χ3n) is 4.13. The second-order valence-electron chi connectivity index (χ2n) is 6.13. The molecule has 0 saturated carbocycles. The van der Waals surface area contributed by atoms with Gasteiger partial charge in [-0.1, -0.05) is 12.1 Å². The van der Waals surface area contributed by atoms with Gasteiger partial charge in [-0.2, -0.15) is 0 Å². The molecule has 0 bridgehead atoms. The van der Waals surface area contributed by atoms with Crippen molar-refractivity contribution in [1.82, 2.24) is 5.32 Å². The van der Waals surface area contributed by atoms with E-state index in [0.29, 0.717) is 11.1 Å². The molecule has 2 aromatic carbocycles. The number of amides is 3. The largest absolute Gasteiger partial charge is 0.326 e. The van der Waals surface area contributed by atoms with Crippen LogP contribution in [0.15, 0.2) is 47.4 Å². The van der Waals surface area contributed by atoms with E-state index in [2.05, 4.69) is 10.6 Å². The van der Waals surface area contributed by atoms with Gasteiger partial charge in [0, 0.05) is 17.5 Å². The van der Waals surface area contributed by atoms with E-state index in [1.54, 1.807) is 17.8 Å². The third-order valence-corrected chi connectivity index (χ3v) is 5.23. The lowest BCUT2D eigenvalue weighted by molar-refractivity contribution is -0.114. The van der Waals surface area contributed by atoms with Gasteiger partial charge in [-0.3, -0.25) is 19.7 Å². The first-order valence-electron chi connectivity index (χ1n) is 8.52. The number of rotatable bonds is 7. The number of benzene rings is 2. The maximum atomic E-state index is 11.9. The number of unbranched alkanes of at least 4 members (excludes halogenated alkanes) is 1. The fourth-order valence-corrected chi connectivity index (χ4v) is 3.86. The zero-order valence-electron chi connectivity index (χ0n) is 14.5. The van der Waals surface area contributed by atoms with Gasteiger partial charge in [0.1, 0.15) is 0 Å². The topological polar surface area (TPSA) is 75.3 Å². The predicted octanol–water partition coefficient (Wildman–Crippen LogP) is 3.64. The fraction of sp³-hybridized carbons (Fsp3) is 0.250. The Morgan fingerprint density at radius 3 is 2.54 bits per heavy atom. The number of fused-ring (bicyclic) bond motifs is 1. The molecule has 1 aliphatic heterocycles. The summed E-state index contributed by atoms with van der Waals surface area (Å²) in [6, 6.07) is 13.2. The highest BCUT2D eigenvalue weighted by atomic mass is 32.2. The maximum Gasteiger partial charge on any atom is 0.259 e. The van der Waals surface area contributed by atoms with Crippen LogP contribution in [0.5, 0.6) is 0 Å². The van der Waals surface area contributed by atoms with Crippen LogP contribution >= 0.6 is 11.8 Å². The van der Waals surface area contributed by atoms with E-state index in [9.17, 15) is 14.4 Å². The van der Waals surface area contributed by atoms with Crippen LogP contribution in [0.3, 0.4) is 0 Å². The second kappa shape index (κ2) is 8.19. The molecule has 0 fully saturated rings. The minimum absolute atomic E-state index is 0.0758. The first-order chi connectivity index (χ1) is 12.5. The number of hydrogen-bond donors (Lipinski definition) is 2. The molecule has 0 unspecified atom stereocenters. The first-order valence-corrected chi connectivity index (χ1v) is 9.51. The predicted molar refractivity (Wildman–Crippen MR) is 103 cm³/mol. The SMILES string of the molecule is CC(=O)Nc1ccc(SCCCCc2cccc3c2C(=O)NC3=O)cc1. The van der Waals surface area contributed by atoms with Crippen LogP contribution in [0.2, 0.25) is 0 Å². The number of hydrogen-bond acceptors (Lipinski definition) is 4. The zero-order chi connectivity index (χ0) is 18.5. The molecule has 0 atom stereocenters. The van der Waals surface area contributed by atoms with Gasteiger partial charge in [0.05, 0.1) is 11.1 Å². The van der Waals surface area contributed by atoms with Crippen molar-refractivity contribution < 1.29 is 14.4 Å². The molecular weight excluding hydrogens is 348 g/mol. The van der Waals surface area contributed by atoms with Gasteiger partial charge in [0.2, 0.25) is 5.91 Å². The highest BCUT2D eigenvalue weighted by Gasteiger charge is 2.28. The molecule has 3 rings (SSSR count). The molecule has 0 spiro atoms. The summed E-state index contributed by atoms with van der Waals surface area (Å²) >= 11 is 1.76. The monoisotopic (exact) mass is 368 g/mol. The van der Waals surface area contributed by atoms with Gasteiger partial charge in [-0.05, 0) is 60.9 Å². The van der Waals surface area contributed by atoms with E-state index in [-0.39, 0.29) is 17.7 Å². The molecular formula is C20H20N2O3S. The van der Waals surface area contributed by atoms with Crippen LogP contribution in [-0.2, 0) is 11.2 Å². The smallest absolute Gasteiger partial charge is 0.259 e. The van der Waals surface area contributed by atoms with Gasteiger partial charge in [-0.15, -0.1) is 11.8 Å². The molecule has 1 aliphatic rings. The summed E-state index contributed by atoms with van der Waals surface area (Å²) in [5.41, 5.74) is 2.77. The van der Waals surface area contributed by atoms with Gasteiger partial charge in [0.25, 0.3) is 11.8 Å². The van der Waals surface area contributed by atoms with Crippen LogP contribution in [-0.4, -0.2) is 23.5 Å². The fourth-order valence-electron chi connectivity index (χ4n) is 2.94. The molecule has 0 saturated heterocycles. The number of carbonyl (C=O) groups is 3. The second-order valence-corrected chi connectivity index (χ2v) is 7.30. The van der Waals surface area contributed by atoms with E-state index >= 15 is 0 Å². The van der Waals surface area contributed by atoms with Crippen molar-refractivity contribution >= 4 is 35.2 Å². The minimum atomic E-state index is -0.301. The summed E-state index contributed by atoms with van der Waals surface area (Å²) in [5, 5.41) is 5.10. The van der Waals surface area contributed by atoms with Crippen molar-refractivity contribution in [2.24, 2.45) is 0 Å². The summed E-state index contributed by atoms with van der Waals surface area (Å²) in [5.74, 6) is 0.312. The minimum Gasteiger partial charge on any atom is -0.326 e. The van der Waals surface area contributed by atoms with Crippen molar-refractivity contribution in [3.8, 4) is 0 Å². The van der Waals surface area contributed by atoms with Crippen molar-refractivity contribution in [3.05, 3.63) is 59.2 Å². The number of imide groups is 1. The van der Waals surface area contributed by atoms with Crippen LogP contribution in [0.1, 0.15) is 46.0 Å². The molecule has 134 valence electrons. The van der Waals surface area contributed by atoms with E-state index in [0.717, 1.165) is 41.2 Å². The lowest BCUT2D eigenvalue weighted by atomic mass is 9.98. The Balaban J connectivity index is 1.46. The molecule has 3 amide bonds. The maximum absolute atomic E-state index is 11.9. The van der Waals surface area contributed by atoms with E-state index in [4.69, 9.17) is 0 Å². The lowest BCUT2D eigenvalue weighted by Gasteiger charge is -2.07. The molecule has 6 heteroatoms. The highest BCUT2D eigenvalue weighted by molar-refractivity contribution is 7.99. The molecule has 2 aromatic rings. The summed E-state index contributed by atoms with van der Waals surface area (Å²) in [7, 11) is 0. The van der Waals surface area contributed by atoms with Gasteiger partial charge < -0.3 is 5.32 Å². The first kappa shape index (κ1) is 18.2. The Labute approximate surface area is 156 Å². The average molecular weight is 368 g/mol. The number of aryl methyl sites for hydroxylation is 1. The number of nitrogens with one attached hydrogen (secondary N) is 2. The Hall–Kier alpha value is -2.60. The average Bonchev–Trinajstić information content (AvgIpc) is 2.91. The normalized spacial score (nSPS) is 12.7. The quantitative estimate of drug-likeness (QED) is 0.444. The van der Waals surface area contributed by atoms with E-state index in [1.807, 2.05) is 36.4 Å². The lowest BCUT2D eigenvalue weighted by Crippen LogP contribution is -2.20. The molecule has 2 N–H and O–H groups in total. The molecule has 0 aliphatic carbocycles. The van der Waals surface area contributed by atoms with Crippen molar-refractivity contribution in [2.75, 3.05) is 11.1 Å². The Bertz CT molecular complexity index is 847. The van der Waals surface area contributed by atoms with Crippen LogP contribution in [0.25, 0.3) is 0 Å². The van der Waals surface area contributed by atoms with Gasteiger partial charge >= 0.3 is 0 Å². The molecule has 5 nitrogen and oxygen atoms in total. The highest BCUT2D eigenvalue weighted by Crippen LogP contribution is 2.24.